The van der Waals surface area contributed by atoms with Crippen molar-refractivity contribution in [1.29, 1.82) is 0 Å². The molecule has 0 aromatic heterocycles. The highest BCUT2D eigenvalue weighted by Gasteiger charge is 2.21. The first-order valence-corrected chi connectivity index (χ1v) is 9.27. The number of hydrogen-bond donors (Lipinski definition) is 2. The van der Waals surface area contributed by atoms with E-state index in [1.54, 1.807) is 30.3 Å². The minimum absolute atomic E-state index is 0.168. The molecule has 1 amide bonds. The van der Waals surface area contributed by atoms with Gasteiger partial charge in [-0.05, 0) is 36.4 Å². The minimum atomic E-state index is -0.252. The van der Waals surface area contributed by atoms with Crippen LogP contribution in [0.25, 0.3) is 0 Å². The number of aliphatic hydroxyl groups is 1. The molecule has 2 aromatic carbocycles. The maximum atomic E-state index is 12.6. The average molecular weight is 394 g/mol. The molecule has 1 saturated heterocycles. The lowest BCUT2D eigenvalue weighted by Crippen LogP contribution is -2.47. The van der Waals surface area contributed by atoms with Crippen molar-refractivity contribution >= 4 is 40.5 Å². The maximum Gasteiger partial charge on any atom is 0.257 e. The monoisotopic (exact) mass is 393 g/mol. The molecule has 26 heavy (non-hydrogen) atoms. The van der Waals surface area contributed by atoms with E-state index in [2.05, 4.69) is 15.1 Å². The van der Waals surface area contributed by atoms with Gasteiger partial charge in [-0.3, -0.25) is 9.69 Å². The summed E-state index contributed by atoms with van der Waals surface area (Å²) in [5, 5.41) is 13.0. The van der Waals surface area contributed by atoms with Gasteiger partial charge in [-0.1, -0.05) is 29.3 Å². The molecule has 0 atom stereocenters. The van der Waals surface area contributed by atoms with E-state index < -0.39 is 0 Å². The number of nitrogens with one attached hydrogen (secondary N) is 1. The highest BCUT2D eigenvalue weighted by atomic mass is 35.5. The van der Waals surface area contributed by atoms with Crippen LogP contribution in [0.15, 0.2) is 42.5 Å². The lowest BCUT2D eigenvalue weighted by Gasteiger charge is -2.36. The molecule has 5 nitrogen and oxygen atoms in total. The van der Waals surface area contributed by atoms with Crippen LogP contribution in [0.1, 0.15) is 10.4 Å². The molecule has 7 heteroatoms. The Labute approximate surface area is 163 Å². The number of β-amino-alcohol motifs (C(OH)–C–C–N with tert-alkyl or cyclic N) is 1. The Bertz CT molecular complexity index is 760. The highest BCUT2D eigenvalue weighted by molar-refractivity contribution is 6.37. The van der Waals surface area contributed by atoms with E-state index in [-0.39, 0.29) is 12.5 Å². The Balaban J connectivity index is 1.72. The lowest BCUT2D eigenvalue weighted by atomic mass is 10.1. The summed E-state index contributed by atoms with van der Waals surface area (Å²) >= 11 is 12.4. The van der Waals surface area contributed by atoms with Gasteiger partial charge >= 0.3 is 0 Å². The van der Waals surface area contributed by atoms with Crippen LogP contribution in [-0.4, -0.2) is 55.2 Å². The van der Waals surface area contributed by atoms with E-state index in [0.29, 0.717) is 27.8 Å². The number of nitrogens with zero attached hydrogens (tertiary/aromatic N) is 2. The Kier molecular flexibility index (Phi) is 6.38. The largest absolute Gasteiger partial charge is 0.395 e. The van der Waals surface area contributed by atoms with Gasteiger partial charge in [-0.25, -0.2) is 0 Å². The topological polar surface area (TPSA) is 55.8 Å². The first kappa shape index (κ1) is 19.0. The molecule has 1 fully saturated rings. The Hall–Kier alpha value is -1.79. The number of amides is 1. The SMILES string of the molecule is O=C(Nc1ccc(Cl)cc1)c1cccc(N2CCN(CCO)CC2)c1Cl. The van der Waals surface area contributed by atoms with Crippen LogP contribution in [-0.2, 0) is 0 Å². The van der Waals surface area contributed by atoms with Gasteiger partial charge in [0.15, 0.2) is 0 Å². The van der Waals surface area contributed by atoms with Gasteiger partial charge < -0.3 is 15.3 Å². The third-order valence-corrected chi connectivity index (χ3v) is 5.10. The summed E-state index contributed by atoms with van der Waals surface area (Å²) in [6.07, 6.45) is 0. The quantitative estimate of drug-likeness (QED) is 0.817. The average Bonchev–Trinajstić information content (AvgIpc) is 2.65. The summed E-state index contributed by atoms with van der Waals surface area (Å²) in [5.41, 5.74) is 1.97. The van der Waals surface area contributed by atoms with Crippen molar-refractivity contribution in [3.63, 3.8) is 0 Å². The molecule has 1 aliphatic heterocycles. The van der Waals surface area contributed by atoms with E-state index in [1.165, 1.54) is 0 Å². The molecular weight excluding hydrogens is 373 g/mol. The predicted molar refractivity (Wildman–Crippen MR) is 107 cm³/mol. The van der Waals surface area contributed by atoms with E-state index >= 15 is 0 Å². The summed E-state index contributed by atoms with van der Waals surface area (Å²) in [4.78, 5) is 17.0. The van der Waals surface area contributed by atoms with Gasteiger partial charge in [-0.2, -0.15) is 0 Å². The molecule has 0 spiro atoms. The van der Waals surface area contributed by atoms with Crippen molar-refractivity contribution in [1.82, 2.24) is 4.90 Å². The first-order valence-electron chi connectivity index (χ1n) is 8.52. The molecule has 138 valence electrons. The van der Waals surface area contributed by atoms with Crippen LogP contribution in [0.3, 0.4) is 0 Å². The van der Waals surface area contributed by atoms with Gasteiger partial charge in [0.25, 0.3) is 5.91 Å². The fourth-order valence-corrected chi connectivity index (χ4v) is 3.48. The van der Waals surface area contributed by atoms with Gasteiger partial charge in [0, 0.05) is 43.4 Å². The lowest BCUT2D eigenvalue weighted by molar-refractivity contribution is 0.102. The van der Waals surface area contributed by atoms with Crippen LogP contribution in [0.4, 0.5) is 11.4 Å². The van der Waals surface area contributed by atoms with Gasteiger partial charge in [0.1, 0.15) is 0 Å². The van der Waals surface area contributed by atoms with Gasteiger partial charge in [0.05, 0.1) is 22.9 Å². The standard InChI is InChI=1S/C19H21Cl2N3O2/c20-14-4-6-15(7-5-14)22-19(26)16-2-1-3-17(18(16)21)24-10-8-23(9-11-24)12-13-25/h1-7,25H,8-13H2,(H,22,26). The Morgan fingerprint density at radius 1 is 1.04 bits per heavy atom. The zero-order valence-corrected chi connectivity index (χ0v) is 15.8. The smallest absolute Gasteiger partial charge is 0.257 e. The highest BCUT2D eigenvalue weighted by Crippen LogP contribution is 2.30. The second-order valence-electron chi connectivity index (χ2n) is 6.15. The number of piperazine rings is 1. The molecule has 0 unspecified atom stereocenters. The molecule has 0 aliphatic carbocycles. The second kappa shape index (κ2) is 8.73. The number of rotatable bonds is 5. The van der Waals surface area contributed by atoms with Crippen molar-refractivity contribution in [2.45, 2.75) is 0 Å². The number of halogens is 2. The van der Waals surface area contributed by atoms with E-state index in [0.717, 1.165) is 31.9 Å². The van der Waals surface area contributed by atoms with Crippen molar-refractivity contribution in [3.05, 3.63) is 58.1 Å². The van der Waals surface area contributed by atoms with Crippen molar-refractivity contribution < 1.29 is 9.90 Å². The van der Waals surface area contributed by atoms with Crippen molar-refractivity contribution in [3.8, 4) is 0 Å². The van der Waals surface area contributed by atoms with Crippen molar-refractivity contribution in [2.24, 2.45) is 0 Å². The number of aliphatic hydroxyl groups excluding tert-OH is 1. The van der Waals surface area contributed by atoms with Crippen LogP contribution in [0.5, 0.6) is 0 Å². The Morgan fingerprint density at radius 2 is 1.73 bits per heavy atom. The molecule has 0 bridgehead atoms. The van der Waals surface area contributed by atoms with Gasteiger partial charge in [0.2, 0.25) is 0 Å². The fourth-order valence-electron chi connectivity index (χ4n) is 3.02. The normalized spacial score (nSPS) is 15.1. The molecular formula is C19H21Cl2N3O2. The second-order valence-corrected chi connectivity index (χ2v) is 6.97. The molecule has 2 aromatic rings. The van der Waals surface area contributed by atoms with Crippen LogP contribution >= 0.6 is 23.2 Å². The zero-order chi connectivity index (χ0) is 18.5. The molecule has 1 heterocycles. The molecule has 0 radical (unpaired) electrons. The summed E-state index contributed by atoms with van der Waals surface area (Å²) in [6, 6.07) is 12.4. The minimum Gasteiger partial charge on any atom is -0.395 e. The van der Waals surface area contributed by atoms with E-state index in [1.807, 2.05) is 12.1 Å². The third-order valence-electron chi connectivity index (χ3n) is 4.45. The molecule has 0 saturated carbocycles. The molecule has 1 aliphatic rings. The van der Waals surface area contributed by atoms with E-state index in [4.69, 9.17) is 28.3 Å². The summed E-state index contributed by atoms with van der Waals surface area (Å²) in [7, 11) is 0. The number of carbonyl (C=O) groups is 1. The number of hydrogen-bond acceptors (Lipinski definition) is 4. The zero-order valence-electron chi connectivity index (χ0n) is 14.3. The third kappa shape index (κ3) is 4.48. The summed E-state index contributed by atoms with van der Waals surface area (Å²) in [6.45, 7) is 4.19. The first-order chi connectivity index (χ1) is 12.6. The summed E-state index contributed by atoms with van der Waals surface area (Å²) in [5.74, 6) is -0.252. The molecule has 3 rings (SSSR count). The number of carbonyl (C=O) groups excluding carboxylic acids is 1. The summed E-state index contributed by atoms with van der Waals surface area (Å²) < 4.78 is 0. The maximum absolute atomic E-state index is 12.6. The van der Waals surface area contributed by atoms with E-state index in [9.17, 15) is 4.79 Å². The number of benzene rings is 2. The number of anilines is 2. The molecule has 2 N–H and O–H groups in total. The Morgan fingerprint density at radius 3 is 2.38 bits per heavy atom. The van der Waals surface area contributed by atoms with Crippen molar-refractivity contribution in [2.75, 3.05) is 49.5 Å². The predicted octanol–water partition coefficient (Wildman–Crippen LogP) is 3.36. The van der Waals surface area contributed by atoms with Gasteiger partial charge in [-0.15, -0.1) is 0 Å². The van der Waals surface area contributed by atoms with Crippen LogP contribution in [0, 0.1) is 0 Å². The fraction of sp³-hybridized carbons (Fsp3) is 0.316. The van der Waals surface area contributed by atoms with Crippen LogP contribution in [0.2, 0.25) is 10.0 Å². The van der Waals surface area contributed by atoms with Crippen LogP contribution < -0.4 is 10.2 Å².